The standard InChI is InChI=1S/C9H6BrClN2O2/c1-14-9-5(10)4-6(12-13-9)7-2-3-8(11)15-7/h2-4H,1H3. The summed E-state index contributed by atoms with van der Waals surface area (Å²) in [5, 5.41) is 8.11. The van der Waals surface area contributed by atoms with Gasteiger partial charge in [0.25, 0.3) is 0 Å². The molecule has 2 aromatic rings. The van der Waals surface area contributed by atoms with Gasteiger partial charge >= 0.3 is 0 Å². The fourth-order valence-corrected chi connectivity index (χ4v) is 1.67. The van der Waals surface area contributed by atoms with Gasteiger partial charge in [-0.3, -0.25) is 0 Å². The van der Waals surface area contributed by atoms with Gasteiger partial charge in [0.15, 0.2) is 11.0 Å². The Balaban J connectivity index is 2.42. The van der Waals surface area contributed by atoms with Crippen molar-refractivity contribution in [3.63, 3.8) is 0 Å². The molecule has 0 aliphatic heterocycles. The highest BCUT2D eigenvalue weighted by Gasteiger charge is 2.09. The van der Waals surface area contributed by atoms with Crippen LogP contribution in [0.2, 0.25) is 5.22 Å². The van der Waals surface area contributed by atoms with Gasteiger partial charge in [0.05, 0.1) is 11.6 Å². The molecule has 4 nitrogen and oxygen atoms in total. The molecule has 0 amide bonds. The number of methoxy groups -OCH3 is 1. The lowest BCUT2D eigenvalue weighted by Gasteiger charge is -2.01. The zero-order chi connectivity index (χ0) is 10.8. The number of rotatable bonds is 2. The molecule has 0 aliphatic carbocycles. The summed E-state index contributed by atoms with van der Waals surface area (Å²) < 4.78 is 10.9. The van der Waals surface area contributed by atoms with Crippen LogP contribution in [0.15, 0.2) is 27.1 Å². The third kappa shape index (κ3) is 2.13. The molecule has 2 heterocycles. The maximum Gasteiger partial charge on any atom is 0.247 e. The highest BCUT2D eigenvalue weighted by atomic mass is 79.9. The first-order chi connectivity index (χ1) is 7.20. The highest BCUT2D eigenvalue weighted by molar-refractivity contribution is 9.10. The molecule has 15 heavy (non-hydrogen) atoms. The van der Waals surface area contributed by atoms with Crippen molar-refractivity contribution < 1.29 is 9.15 Å². The van der Waals surface area contributed by atoms with Crippen molar-refractivity contribution in [2.75, 3.05) is 7.11 Å². The third-order valence-corrected chi connectivity index (χ3v) is 2.51. The molecule has 6 heteroatoms. The molecule has 2 aromatic heterocycles. The number of ether oxygens (including phenoxy) is 1. The van der Waals surface area contributed by atoms with Crippen molar-refractivity contribution in [3.05, 3.63) is 27.9 Å². The molecule has 0 bridgehead atoms. The van der Waals surface area contributed by atoms with E-state index in [-0.39, 0.29) is 0 Å². The Morgan fingerprint density at radius 1 is 1.40 bits per heavy atom. The number of aromatic nitrogens is 2. The van der Waals surface area contributed by atoms with Crippen molar-refractivity contribution in [2.45, 2.75) is 0 Å². The highest BCUT2D eigenvalue weighted by Crippen LogP contribution is 2.28. The van der Waals surface area contributed by atoms with Crippen LogP contribution < -0.4 is 4.74 Å². The molecule has 0 aliphatic rings. The van der Waals surface area contributed by atoms with Crippen molar-refractivity contribution in [1.29, 1.82) is 0 Å². The fourth-order valence-electron chi connectivity index (χ4n) is 1.07. The van der Waals surface area contributed by atoms with Crippen LogP contribution in [0.5, 0.6) is 5.88 Å². The monoisotopic (exact) mass is 288 g/mol. The Labute approximate surface area is 99.3 Å². The third-order valence-electron chi connectivity index (χ3n) is 1.74. The molecule has 0 radical (unpaired) electrons. The van der Waals surface area contributed by atoms with Gasteiger partial charge in [-0.15, -0.1) is 10.2 Å². The van der Waals surface area contributed by atoms with Crippen LogP contribution in [0.25, 0.3) is 11.5 Å². The van der Waals surface area contributed by atoms with E-state index in [1.165, 1.54) is 7.11 Å². The lowest BCUT2D eigenvalue weighted by Crippen LogP contribution is -1.93. The SMILES string of the molecule is COc1nnc(-c2ccc(Cl)o2)cc1Br. The van der Waals surface area contributed by atoms with Gasteiger partial charge < -0.3 is 9.15 Å². The van der Waals surface area contributed by atoms with E-state index in [0.29, 0.717) is 27.0 Å². The second-order valence-electron chi connectivity index (χ2n) is 2.69. The molecule has 0 fully saturated rings. The van der Waals surface area contributed by atoms with E-state index in [9.17, 15) is 0 Å². The maximum absolute atomic E-state index is 5.66. The van der Waals surface area contributed by atoms with Crippen molar-refractivity contribution >= 4 is 27.5 Å². The van der Waals surface area contributed by atoms with E-state index < -0.39 is 0 Å². The lowest BCUT2D eigenvalue weighted by atomic mass is 10.3. The van der Waals surface area contributed by atoms with Gasteiger partial charge in [-0.2, -0.15) is 0 Å². The quantitative estimate of drug-likeness (QED) is 0.852. The molecular weight excluding hydrogens is 283 g/mol. The summed E-state index contributed by atoms with van der Waals surface area (Å²) in [4.78, 5) is 0. The zero-order valence-corrected chi connectivity index (χ0v) is 10.0. The second-order valence-corrected chi connectivity index (χ2v) is 3.92. The summed E-state index contributed by atoms with van der Waals surface area (Å²) in [6.45, 7) is 0. The van der Waals surface area contributed by atoms with Crippen LogP contribution >= 0.6 is 27.5 Å². The van der Waals surface area contributed by atoms with Crippen LogP contribution in [0.3, 0.4) is 0 Å². The summed E-state index contributed by atoms with van der Waals surface area (Å²) in [7, 11) is 1.53. The predicted molar refractivity (Wildman–Crippen MR) is 59.0 cm³/mol. The van der Waals surface area contributed by atoms with Crippen LogP contribution in [0, 0.1) is 0 Å². The number of hydrogen-bond acceptors (Lipinski definition) is 4. The first-order valence-electron chi connectivity index (χ1n) is 4.03. The minimum atomic E-state index is 0.318. The van der Waals surface area contributed by atoms with Gasteiger partial charge in [-0.05, 0) is 45.7 Å². The summed E-state index contributed by atoms with van der Waals surface area (Å²) in [6, 6.07) is 5.13. The number of halogens is 2. The first kappa shape index (κ1) is 10.4. The number of hydrogen-bond donors (Lipinski definition) is 0. The Morgan fingerprint density at radius 3 is 2.73 bits per heavy atom. The summed E-state index contributed by atoms with van der Waals surface area (Å²) in [6.07, 6.45) is 0. The van der Waals surface area contributed by atoms with E-state index in [4.69, 9.17) is 20.8 Å². The lowest BCUT2D eigenvalue weighted by molar-refractivity contribution is 0.389. The maximum atomic E-state index is 5.66. The van der Waals surface area contributed by atoms with E-state index in [1.807, 2.05) is 0 Å². The van der Waals surface area contributed by atoms with E-state index in [2.05, 4.69) is 26.1 Å². The van der Waals surface area contributed by atoms with Gasteiger partial charge in [0, 0.05) is 0 Å². The smallest absolute Gasteiger partial charge is 0.247 e. The minimum absolute atomic E-state index is 0.318. The van der Waals surface area contributed by atoms with Gasteiger partial charge in [-0.25, -0.2) is 0 Å². The first-order valence-corrected chi connectivity index (χ1v) is 5.20. The Kier molecular flexibility index (Phi) is 2.93. The van der Waals surface area contributed by atoms with Crippen LogP contribution in [0.1, 0.15) is 0 Å². The Morgan fingerprint density at radius 2 is 2.20 bits per heavy atom. The fraction of sp³-hybridized carbons (Fsp3) is 0.111. The van der Waals surface area contributed by atoms with Gasteiger partial charge in [0.2, 0.25) is 5.88 Å². The molecule has 0 N–H and O–H groups in total. The average Bonchev–Trinajstić information content (AvgIpc) is 2.65. The zero-order valence-electron chi connectivity index (χ0n) is 7.70. The molecule has 0 atom stereocenters. The average molecular weight is 290 g/mol. The number of furan rings is 1. The molecular formula is C9H6BrClN2O2. The summed E-state index contributed by atoms with van der Waals surface area (Å²) in [5.41, 5.74) is 0.592. The van der Waals surface area contributed by atoms with Crippen LogP contribution in [0.4, 0.5) is 0 Å². The second kappa shape index (κ2) is 4.20. The minimum Gasteiger partial charge on any atom is -0.479 e. The Bertz CT molecular complexity index is 487. The van der Waals surface area contributed by atoms with Crippen LogP contribution in [-0.2, 0) is 0 Å². The summed E-state index contributed by atoms with van der Waals surface area (Å²) in [5.74, 6) is 0.993. The van der Waals surface area contributed by atoms with E-state index in [0.717, 1.165) is 0 Å². The molecule has 2 rings (SSSR count). The van der Waals surface area contributed by atoms with Crippen molar-refractivity contribution in [3.8, 4) is 17.3 Å². The van der Waals surface area contributed by atoms with Crippen LogP contribution in [-0.4, -0.2) is 17.3 Å². The molecule has 0 saturated carbocycles. The molecule has 0 spiro atoms. The van der Waals surface area contributed by atoms with Gasteiger partial charge in [-0.1, -0.05) is 0 Å². The predicted octanol–water partition coefficient (Wildman–Crippen LogP) is 3.16. The Hall–Kier alpha value is -1.07. The van der Waals surface area contributed by atoms with E-state index in [1.54, 1.807) is 18.2 Å². The van der Waals surface area contributed by atoms with Crippen molar-refractivity contribution in [2.24, 2.45) is 0 Å². The van der Waals surface area contributed by atoms with Gasteiger partial charge in [0.1, 0.15) is 5.69 Å². The summed E-state index contributed by atoms with van der Waals surface area (Å²) >= 11 is 8.97. The van der Waals surface area contributed by atoms with E-state index >= 15 is 0 Å². The molecule has 0 saturated heterocycles. The molecule has 0 aromatic carbocycles. The molecule has 78 valence electrons. The largest absolute Gasteiger partial charge is 0.479 e. The normalized spacial score (nSPS) is 10.3. The molecule has 0 unspecified atom stereocenters. The topological polar surface area (TPSA) is 48.2 Å². The number of nitrogens with zero attached hydrogens (tertiary/aromatic N) is 2. The van der Waals surface area contributed by atoms with Crippen molar-refractivity contribution in [1.82, 2.24) is 10.2 Å².